The van der Waals surface area contributed by atoms with Crippen LogP contribution in [0.15, 0.2) is 24.3 Å². The van der Waals surface area contributed by atoms with Crippen LogP contribution in [0.25, 0.3) is 11.1 Å². The van der Waals surface area contributed by atoms with Gasteiger partial charge in [-0.1, -0.05) is 6.08 Å². The van der Waals surface area contributed by atoms with Gasteiger partial charge < -0.3 is 9.30 Å². The first-order chi connectivity index (χ1) is 15.1. The highest BCUT2D eigenvalue weighted by Crippen LogP contribution is 2.35. The number of carbonyl (C=O) groups excluding carboxylic acids is 3. The second-order valence-electron chi connectivity index (χ2n) is 7.37. The van der Waals surface area contributed by atoms with Gasteiger partial charge in [-0.05, 0) is 70.1 Å². The van der Waals surface area contributed by atoms with E-state index < -0.39 is 11.8 Å². The average molecular weight is 472 g/mol. The molecule has 0 aromatic carbocycles. The molecule has 2 aromatic rings. The Bertz CT molecular complexity index is 1190. The van der Waals surface area contributed by atoms with Crippen LogP contribution in [0, 0.1) is 27.7 Å². The van der Waals surface area contributed by atoms with Crippen molar-refractivity contribution < 1.29 is 19.1 Å². The molecule has 168 valence electrons. The van der Waals surface area contributed by atoms with Gasteiger partial charge in [0.1, 0.15) is 10.6 Å². The number of esters is 1. The number of hydrogen-bond donors (Lipinski definition) is 1. The zero-order chi connectivity index (χ0) is 23.7. The van der Waals surface area contributed by atoms with Gasteiger partial charge in [0.15, 0.2) is 5.11 Å². The summed E-state index contributed by atoms with van der Waals surface area (Å²) < 4.78 is 7.24. The van der Waals surface area contributed by atoms with Crippen molar-refractivity contribution in [2.75, 3.05) is 13.2 Å². The number of thiophene rings is 1. The van der Waals surface area contributed by atoms with E-state index in [0.29, 0.717) is 11.1 Å². The fourth-order valence-electron chi connectivity index (χ4n) is 3.60. The SMILES string of the molecule is C=CCN1C(=O)/C(=C/c2cc(C)n(-c3sc(C)c(C)c3C(=O)OCC)c2C)C(=O)NC1=S. The lowest BCUT2D eigenvalue weighted by molar-refractivity contribution is -0.128. The number of amides is 2. The maximum atomic E-state index is 12.9. The van der Waals surface area contributed by atoms with E-state index in [4.69, 9.17) is 17.0 Å². The van der Waals surface area contributed by atoms with E-state index in [-0.39, 0.29) is 29.8 Å². The first-order valence-electron chi connectivity index (χ1n) is 10.1. The standard InChI is InChI=1S/C23H25N3O4S2/c1-7-9-25-20(28)17(19(27)24-23(25)31)11-16-10-12(3)26(14(16)5)21-18(22(29)30-8-2)13(4)15(6)32-21/h7,10-11H,1,8-9H2,2-6H3,(H,24,27,31)/b17-11+. The Morgan fingerprint density at radius 3 is 2.59 bits per heavy atom. The smallest absolute Gasteiger partial charge is 0.341 e. The molecule has 0 aliphatic carbocycles. The molecule has 1 fully saturated rings. The topological polar surface area (TPSA) is 80.6 Å². The minimum atomic E-state index is -0.542. The van der Waals surface area contributed by atoms with Gasteiger partial charge in [-0.15, -0.1) is 17.9 Å². The van der Waals surface area contributed by atoms with E-state index in [0.717, 1.165) is 26.8 Å². The summed E-state index contributed by atoms with van der Waals surface area (Å²) in [6.45, 7) is 13.6. The van der Waals surface area contributed by atoms with Gasteiger partial charge in [-0.25, -0.2) is 4.79 Å². The van der Waals surface area contributed by atoms with Gasteiger partial charge in [-0.2, -0.15) is 0 Å². The molecule has 1 aliphatic heterocycles. The Morgan fingerprint density at radius 1 is 1.28 bits per heavy atom. The lowest BCUT2D eigenvalue weighted by Crippen LogP contribution is -2.53. The minimum Gasteiger partial charge on any atom is -0.462 e. The molecule has 3 rings (SSSR count). The van der Waals surface area contributed by atoms with Crippen molar-refractivity contribution in [2.24, 2.45) is 0 Å². The zero-order valence-corrected chi connectivity index (χ0v) is 20.3. The van der Waals surface area contributed by atoms with Gasteiger partial charge in [0, 0.05) is 22.8 Å². The van der Waals surface area contributed by atoms with Crippen LogP contribution in [0.2, 0.25) is 0 Å². The fraction of sp³-hybridized carbons (Fsp3) is 0.304. The van der Waals surface area contributed by atoms with Crippen molar-refractivity contribution in [2.45, 2.75) is 34.6 Å². The van der Waals surface area contributed by atoms with E-state index in [1.54, 1.807) is 19.1 Å². The van der Waals surface area contributed by atoms with Crippen molar-refractivity contribution in [3.05, 3.63) is 57.2 Å². The predicted octanol–water partition coefficient (Wildman–Crippen LogP) is 3.76. The maximum Gasteiger partial charge on any atom is 0.341 e. The summed E-state index contributed by atoms with van der Waals surface area (Å²) in [5, 5.41) is 3.37. The summed E-state index contributed by atoms with van der Waals surface area (Å²) in [6, 6.07) is 1.88. The number of ether oxygens (including phenoxy) is 1. The molecule has 1 saturated heterocycles. The van der Waals surface area contributed by atoms with Crippen LogP contribution in [-0.2, 0) is 14.3 Å². The molecular formula is C23H25N3O4S2. The summed E-state index contributed by atoms with van der Waals surface area (Å²) in [6.07, 6.45) is 3.11. The van der Waals surface area contributed by atoms with E-state index >= 15 is 0 Å². The third-order valence-electron chi connectivity index (χ3n) is 5.32. The van der Waals surface area contributed by atoms with Crippen LogP contribution in [0.1, 0.15) is 44.7 Å². The number of thiocarbonyl (C=S) groups is 1. The van der Waals surface area contributed by atoms with Gasteiger partial charge in [0.25, 0.3) is 11.8 Å². The molecule has 32 heavy (non-hydrogen) atoms. The predicted molar refractivity (Wildman–Crippen MR) is 129 cm³/mol. The maximum absolute atomic E-state index is 12.9. The summed E-state index contributed by atoms with van der Waals surface area (Å²) >= 11 is 6.61. The van der Waals surface area contributed by atoms with Crippen LogP contribution in [0.5, 0.6) is 0 Å². The Balaban J connectivity index is 2.12. The highest BCUT2D eigenvalue weighted by molar-refractivity contribution is 7.80. The second kappa shape index (κ2) is 9.22. The quantitative estimate of drug-likeness (QED) is 0.228. The Labute approximate surface area is 196 Å². The van der Waals surface area contributed by atoms with E-state index in [2.05, 4.69) is 11.9 Å². The van der Waals surface area contributed by atoms with Crippen LogP contribution < -0.4 is 5.32 Å². The van der Waals surface area contributed by atoms with E-state index in [1.807, 2.05) is 38.3 Å². The molecule has 0 saturated carbocycles. The van der Waals surface area contributed by atoms with Crippen LogP contribution in [0.3, 0.4) is 0 Å². The molecule has 7 nitrogen and oxygen atoms in total. The monoisotopic (exact) mass is 471 g/mol. The third-order valence-corrected chi connectivity index (χ3v) is 6.83. The van der Waals surface area contributed by atoms with Crippen molar-refractivity contribution in [3.63, 3.8) is 0 Å². The average Bonchev–Trinajstić information content (AvgIpc) is 3.17. The van der Waals surface area contributed by atoms with Crippen molar-refractivity contribution in [1.82, 2.24) is 14.8 Å². The Morgan fingerprint density at radius 2 is 1.97 bits per heavy atom. The molecule has 2 amide bonds. The molecule has 1 N–H and O–H groups in total. The second-order valence-corrected chi connectivity index (χ2v) is 8.96. The summed E-state index contributed by atoms with van der Waals surface area (Å²) in [7, 11) is 0. The number of aromatic nitrogens is 1. The molecule has 2 aromatic heterocycles. The Kier molecular flexibility index (Phi) is 6.80. The van der Waals surface area contributed by atoms with E-state index in [9.17, 15) is 14.4 Å². The molecule has 1 aliphatic rings. The van der Waals surface area contributed by atoms with Crippen molar-refractivity contribution >= 4 is 52.5 Å². The normalized spacial score (nSPS) is 15.3. The largest absolute Gasteiger partial charge is 0.462 e. The molecule has 0 bridgehead atoms. The first kappa shape index (κ1) is 23.6. The van der Waals surface area contributed by atoms with Gasteiger partial charge in [0.05, 0.1) is 12.2 Å². The number of carbonyl (C=O) groups is 3. The molecule has 9 heteroatoms. The molecule has 0 atom stereocenters. The summed E-state index contributed by atoms with van der Waals surface area (Å²) in [5.41, 5.74) is 3.76. The van der Waals surface area contributed by atoms with Gasteiger partial charge in [-0.3, -0.25) is 19.8 Å². The van der Waals surface area contributed by atoms with Crippen LogP contribution in [-0.4, -0.2) is 45.5 Å². The van der Waals surface area contributed by atoms with Gasteiger partial charge >= 0.3 is 5.97 Å². The lowest BCUT2D eigenvalue weighted by atomic mass is 10.1. The van der Waals surface area contributed by atoms with Crippen molar-refractivity contribution in [3.8, 4) is 5.00 Å². The van der Waals surface area contributed by atoms with Gasteiger partial charge in [0.2, 0.25) is 0 Å². The van der Waals surface area contributed by atoms with Crippen LogP contribution >= 0.6 is 23.6 Å². The summed E-state index contributed by atoms with van der Waals surface area (Å²) in [5.74, 6) is -1.38. The van der Waals surface area contributed by atoms with Crippen molar-refractivity contribution in [1.29, 1.82) is 0 Å². The zero-order valence-electron chi connectivity index (χ0n) is 18.7. The van der Waals surface area contributed by atoms with E-state index in [1.165, 1.54) is 16.2 Å². The third kappa shape index (κ3) is 4.05. The summed E-state index contributed by atoms with van der Waals surface area (Å²) in [4.78, 5) is 40.4. The fourth-order valence-corrected chi connectivity index (χ4v) is 5.11. The molecular weight excluding hydrogens is 446 g/mol. The van der Waals surface area contributed by atoms with Crippen LogP contribution in [0.4, 0.5) is 0 Å². The highest BCUT2D eigenvalue weighted by Gasteiger charge is 2.33. The number of rotatable bonds is 6. The number of nitrogens with one attached hydrogen (secondary N) is 1. The Hall–Kier alpha value is -3.04. The highest BCUT2D eigenvalue weighted by atomic mass is 32.1. The molecule has 0 unspecified atom stereocenters. The first-order valence-corrected chi connectivity index (χ1v) is 11.3. The molecule has 0 radical (unpaired) electrons. The minimum absolute atomic E-state index is 0.00939. The lowest BCUT2D eigenvalue weighted by Gasteiger charge is -2.27. The number of aryl methyl sites for hydroxylation is 2. The molecule has 3 heterocycles. The number of nitrogens with zero attached hydrogens (tertiary/aromatic N) is 2. The molecule has 0 spiro atoms. The number of hydrogen-bond acceptors (Lipinski definition) is 6.